The van der Waals surface area contributed by atoms with E-state index in [1.54, 1.807) is 49.6 Å². The molecule has 1 aromatic heterocycles. The van der Waals surface area contributed by atoms with E-state index in [0.717, 1.165) is 17.0 Å². The van der Waals surface area contributed by atoms with Crippen LogP contribution in [0.15, 0.2) is 78.9 Å². The number of carbonyl (C=O) groups excluding carboxylic acids is 2. The van der Waals surface area contributed by atoms with Crippen LogP contribution in [0.5, 0.6) is 5.75 Å². The maximum atomic E-state index is 12.6. The molecule has 4 rings (SSSR count). The van der Waals surface area contributed by atoms with Crippen molar-refractivity contribution in [3.63, 3.8) is 0 Å². The fraction of sp³-hybridized carbons (Fsp3) is 0.167. The zero-order valence-electron chi connectivity index (χ0n) is 21.4. The van der Waals surface area contributed by atoms with Crippen LogP contribution in [0.1, 0.15) is 38.4 Å². The molecule has 1 heterocycles. The summed E-state index contributed by atoms with van der Waals surface area (Å²) in [6, 6.07) is 22.3. The van der Waals surface area contributed by atoms with Crippen molar-refractivity contribution in [2.75, 3.05) is 17.7 Å². The van der Waals surface area contributed by atoms with Crippen LogP contribution in [-0.4, -0.2) is 28.7 Å². The van der Waals surface area contributed by atoms with E-state index in [1.807, 2.05) is 30.7 Å². The molecule has 0 aliphatic heterocycles. The number of benzene rings is 3. The fourth-order valence-corrected chi connectivity index (χ4v) is 3.96. The highest BCUT2D eigenvalue weighted by Gasteiger charge is 2.11. The summed E-state index contributed by atoms with van der Waals surface area (Å²) in [7, 11) is 1.55. The first-order valence-corrected chi connectivity index (χ1v) is 12.0. The van der Waals surface area contributed by atoms with E-state index in [2.05, 4.69) is 46.9 Å². The number of hydrogen-bond acceptors (Lipinski definition) is 4. The topological polar surface area (TPSA) is 85.2 Å². The molecule has 7 heteroatoms. The van der Waals surface area contributed by atoms with Gasteiger partial charge in [-0.25, -0.2) is 0 Å². The molecule has 4 aromatic rings. The van der Waals surface area contributed by atoms with Gasteiger partial charge in [0.05, 0.1) is 25.0 Å². The second-order valence-corrected chi connectivity index (χ2v) is 8.78. The maximum absolute atomic E-state index is 12.6. The van der Waals surface area contributed by atoms with Gasteiger partial charge in [0, 0.05) is 28.6 Å². The number of nitrogens with zero attached hydrogens (tertiary/aromatic N) is 2. The van der Waals surface area contributed by atoms with Crippen molar-refractivity contribution in [1.29, 1.82) is 0 Å². The van der Waals surface area contributed by atoms with Gasteiger partial charge in [0.1, 0.15) is 5.75 Å². The van der Waals surface area contributed by atoms with Crippen molar-refractivity contribution >= 4 is 29.3 Å². The van der Waals surface area contributed by atoms with Crippen LogP contribution in [0.3, 0.4) is 0 Å². The Morgan fingerprint density at radius 2 is 1.62 bits per heavy atom. The summed E-state index contributed by atoms with van der Waals surface area (Å²) in [5.41, 5.74) is 6.81. The molecule has 0 aliphatic rings. The average molecular weight is 495 g/mol. The normalized spacial score (nSPS) is 10.9. The largest absolute Gasteiger partial charge is 0.495 e. The summed E-state index contributed by atoms with van der Waals surface area (Å²) in [6.07, 6.45) is 3.28. The number of hydrogen-bond donors (Lipinski definition) is 2. The number of para-hydroxylation sites is 2. The lowest BCUT2D eigenvalue weighted by Gasteiger charge is -2.10. The Morgan fingerprint density at radius 3 is 2.32 bits per heavy atom. The Balaban J connectivity index is 1.37. The molecule has 7 nitrogen and oxygen atoms in total. The van der Waals surface area contributed by atoms with Crippen LogP contribution in [-0.2, 0) is 11.3 Å². The summed E-state index contributed by atoms with van der Waals surface area (Å²) in [4.78, 5) is 25.1. The van der Waals surface area contributed by atoms with Crippen molar-refractivity contribution < 1.29 is 14.3 Å². The van der Waals surface area contributed by atoms with Gasteiger partial charge in [0.25, 0.3) is 5.91 Å². The number of amides is 2. The second kappa shape index (κ2) is 11.4. The fourth-order valence-electron chi connectivity index (χ4n) is 3.96. The number of nitrogens with one attached hydrogen (secondary N) is 2. The zero-order chi connectivity index (χ0) is 26.4. The van der Waals surface area contributed by atoms with Crippen LogP contribution >= 0.6 is 0 Å². The van der Waals surface area contributed by atoms with Crippen molar-refractivity contribution in [2.45, 2.75) is 27.3 Å². The Hall–Kier alpha value is -4.65. The lowest BCUT2D eigenvalue weighted by atomic mass is 10.1. The van der Waals surface area contributed by atoms with Gasteiger partial charge in [-0.05, 0) is 68.8 Å². The van der Waals surface area contributed by atoms with E-state index in [0.29, 0.717) is 29.2 Å². The predicted octanol–water partition coefficient (Wildman–Crippen LogP) is 5.77. The first kappa shape index (κ1) is 25.4. The van der Waals surface area contributed by atoms with Gasteiger partial charge in [-0.3, -0.25) is 14.3 Å². The van der Waals surface area contributed by atoms with Gasteiger partial charge in [-0.1, -0.05) is 42.0 Å². The molecule has 3 aromatic carbocycles. The molecule has 0 radical (unpaired) electrons. The average Bonchev–Trinajstić information content (AvgIpc) is 3.16. The van der Waals surface area contributed by atoms with E-state index in [1.165, 1.54) is 17.2 Å². The Kier molecular flexibility index (Phi) is 7.83. The van der Waals surface area contributed by atoms with E-state index in [-0.39, 0.29) is 11.8 Å². The third-order valence-electron chi connectivity index (χ3n) is 6.06. The maximum Gasteiger partial charge on any atom is 0.255 e. The lowest BCUT2D eigenvalue weighted by Crippen LogP contribution is -2.13. The molecule has 0 atom stereocenters. The minimum absolute atomic E-state index is 0.267. The summed E-state index contributed by atoms with van der Waals surface area (Å²) in [6.45, 7) is 6.67. The number of methoxy groups -OCH3 is 1. The van der Waals surface area contributed by atoms with Gasteiger partial charge in [0.2, 0.25) is 5.91 Å². The quantitative estimate of drug-likeness (QED) is 0.305. The van der Waals surface area contributed by atoms with E-state index in [9.17, 15) is 9.59 Å². The van der Waals surface area contributed by atoms with Gasteiger partial charge in [-0.15, -0.1) is 0 Å². The number of carbonyl (C=O) groups is 2. The molecule has 0 unspecified atom stereocenters. The highest BCUT2D eigenvalue weighted by molar-refractivity contribution is 6.06. The van der Waals surface area contributed by atoms with Crippen molar-refractivity contribution in [1.82, 2.24) is 9.78 Å². The molecule has 0 aliphatic carbocycles. The molecule has 0 bridgehead atoms. The summed E-state index contributed by atoms with van der Waals surface area (Å²) >= 11 is 0. The van der Waals surface area contributed by atoms with Crippen LogP contribution < -0.4 is 15.4 Å². The van der Waals surface area contributed by atoms with Crippen molar-refractivity contribution in [3.05, 3.63) is 113 Å². The van der Waals surface area contributed by atoms with E-state index in [4.69, 9.17) is 4.74 Å². The van der Waals surface area contributed by atoms with Crippen LogP contribution in [0.4, 0.5) is 11.4 Å². The van der Waals surface area contributed by atoms with Gasteiger partial charge < -0.3 is 15.4 Å². The SMILES string of the molecule is COc1ccccc1NC(=O)c1ccc(NC(=O)/C=C/c2c(C)nn(Cc3ccc(C)cc3)c2C)cc1. The first-order valence-electron chi connectivity index (χ1n) is 12.0. The summed E-state index contributed by atoms with van der Waals surface area (Å²) < 4.78 is 7.22. The number of rotatable bonds is 8. The Labute approximate surface area is 216 Å². The predicted molar refractivity (Wildman–Crippen MR) is 147 cm³/mol. The van der Waals surface area contributed by atoms with Gasteiger partial charge >= 0.3 is 0 Å². The molecular formula is C30H30N4O3. The smallest absolute Gasteiger partial charge is 0.255 e. The monoisotopic (exact) mass is 494 g/mol. The van der Waals surface area contributed by atoms with E-state index < -0.39 is 0 Å². The third kappa shape index (κ3) is 6.32. The molecule has 0 saturated heterocycles. The molecule has 37 heavy (non-hydrogen) atoms. The highest BCUT2D eigenvalue weighted by Crippen LogP contribution is 2.24. The Bertz CT molecular complexity index is 1430. The van der Waals surface area contributed by atoms with E-state index >= 15 is 0 Å². The number of aromatic nitrogens is 2. The molecular weight excluding hydrogens is 464 g/mol. The number of ether oxygens (including phenoxy) is 1. The van der Waals surface area contributed by atoms with Crippen LogP contribution in [0.25, 0.3) is 6.08 Å². The van der Waals surface area contributed by atoms with Crippen molar-refractivity contribution in [3.8, 4) is 5.75 Å². The molecule has 2 N–H and O–H groups in total. The molecule has 188 valence electrons. The molecule has 0 saturated carbocycles. The second-order valence-electron chi connectivity index (χ2n) is 8.78. The minimum Gasteiger partial charge on any atom is -0.495 e. The van der Waals surface area contributed by atoms with Crippen LogP contribution in [0.2, 0.25) is 0 Å². The third-order valence-corrected chi connectivity index (χ3v) is 6.06. The number of aryl methyl sites for hydroxylation is 2. The van der Waals surface area contributed by atoms with Crippen LogP contribution in [0, 0.1) is 20.8 Å². The zero-order valence-corrected chi connectivity index (χ0v) is 21.4. The summed E-state index contributed by atoms with van der Waals surface area (Å²) in [5.74, 6) is 0.0462. The first-order chi connectivity index (χ1) is 17.8. The van der Waals surface area contributed by atoms with Crippen molar-refractivity contribution in [2.24, 2.45) is 0 Å². The number of anilines is 2. The Morgan fingerprint density at radius 1 is 0.919 bits per heavy atom. The molecule has 2 amide bonds. The summed E-state index contributed by atoms with van der Waals surface area (Å²) in [5, 5.41) is 10.3. The minimum atomic E-state index is -0.268. The highest BCUT2D eigenvalue weighted by atomic mass is 16.5. The molecule has 0 fully saturated rings. The lowest BCUT2D eigenvalue weighted by molar-refractivity contribution is -0.111. The molecule has 0 spiro atoms. The van der Waals surface area contributed by atoms with Gasteiger partial charge in [0.15, 0.2) is 0 Å². The van der Waals surface area contributed by atoms with Gasteiger partial charge in [-0.2, -0.15) is 5.10 Å². The standard InChI is InChI=1S/C30H30N4O3/c1-20-9-11-23(12-10-20)19-34-22(3)26(21(2)33-34)17-18-29(35)31-25-15-13-24(14-16-25)30(36)32-27-7-5-6-8-28(27)37-4/h5-18H,19H2,1-4H3,(H,31,35)(H,32,36)/b18-17+.